The average Bonchev–Trinajstić information content (AvgIpc) is 2.58. The summed E-state index contributed by atoms with van der Waals surface area (Å²) in [6.45, 7) is 3.07. The van der Waals surface area contributed by atoms with Crippen molar-refractivity contribution in [1.82, 2.24) is 0 Å². The molecule has 1 heterocycles. The molecule has 0 aliphatic carbocycles. The van der Waals surface area contributed by atoms with Crippen molar-refractivity contribution >= 4 is 22.1 Å². The zero-order chi connectivity index (χ0) is 9.26. The molecule has 13 heavy (non-hydrogen) atoms. The number of rotatable bonds is 2. The Morgan fingerprint density at radius 2 is 2.31 bits per heavy atom. The molecule has 0 radical (unpaired) electrons. The second kappa shape index (κ2) is 3.62. The molecule has 1 nitrogen and oxygen atoms in total. The SMILES string of the molecule is CCCc1c(Br)ccc2c1C=NC2. The van der Waals surface area contributed by atoms with Crippen molar-refractivity contribution in [3.63, 3.8) is 0 Å². The summed E-state index contributed by atoms with van der Waals surface area (Å²) in [4.78, 5) is 4.29. The average molecular weight is 238 g/mol. The quantitative estimate of drug-likeness (QED) is 0.749. The number of fused-ring (bicyclic) bond motifs is 1. The highest BCUT2D eigenvalue weighted by Crippen LogP contribution is 2.27. The fraction of sp³-hybridized carbons (Fsp3) is 0.364. The van der Waals surface area contributed by atoms with Crippen LogP contribution in [0.4, 0.5) is 0 Å². The van der Waals surface area contributed by atoms with Crippen LogP contribution in [0, 0.1) is 0 Å². The van der Waals surface area contributed by atoms with E-state index in [4.69, 9.17) is 0 Å². The minimum atomic E-state index is 0.860. The van der Waals surface area contributed by atoms with E-state index in [0.717, 1.165) is 13.0 Å². The van der Waals surface area contributed by atoms with Gasteiger partial charge in [0.15, 0.2) is 0 Å². The van der Waals surface area contributed by atoms with Crippen LogP contribution in [0.15, 0.2) is 21.6 Å². The van der Waals surface area contributed by atoms with Crippen molar-refractivity contribution in [3.05, 3.63) is 33.3 Å². The molecule has 0 fully saturated rings. The predicted molar refractivity (Wildman–Crippen MR) is 59.4 cm³/mol. The van der Waals surface area contributed by atoms with E-state index < -0.39 is 0 Å². The molecule has 0 N–H and O–H groups in total. The number of aliphatic imine (C=N–C) groups is 1. The highest BCUT2D eigenvalue weighted by atomic mass is 79.9. The Morgan fingerprint density at radius 3 is 3.08 bits per heavy atom. The normalized spacial score (nSPS) is 13.4. The van der Waals surface area contributed by atoms with Crippen molar-refractivity contribution in [2.75, 3.05) is 0 Å². The lowest BCUT2D eigenvalue weighted by Gasteiger charge is -2.07. The molecule has 0 unspecified atom stereocenters. The number of nitrogens with zero attached hydrogens (tertiary/aromatic N) is 1. The number of hydrogen-bond acceptors (Lipinski definition) is 1. The molecule has 2 heteroatoms. The lowest BCUT2D eigenvalue weighted by atomic mass is 10.0. The second-order valence-electron chi connectivity index (χ2n) is 3.32. The van der Waals surface area contributed by atoms with Crippen molar-refractivity contribution in [1.29, 1.82) is 0 Å². The first kappa shape index (κ1) is 8.95. The van der Waals surface area contributed by atoms with Crippen LogP contribution in [0.3, 0.4) is 0 Å². The minimum Gasteiger partial charge on any atom is -0.288 e. The molecule has 68 valence electrons. The molecule has 0 saturated carbocycles. The standard InChI is InChI=1S/C11H12BrN/c1-2-3-9-10-7-13-6-8(10)4-5-11(9)12/h4-5,7H,2-3,6H2,1H3. The summed E-state index contributed by atoms with van der Waals surface area (Å²) < 4.78 is 1.22. The summed E-state index contributed by atoms with van der Waals surface area (Å²) in [5, 5.41) is 0. The van der Waals surface area contributed by atoms with Crippen LogP contribution >= 0.6 is 15.9 Å². The number of halogens is 1. The molecule has 0 aromatic heterocycles. The third-order valence-corrected chi connectivity index (χ3v) is 3.12. The minimum absolute atomic E-state index is 0.860. The predicted octanol–water partition coefficient (Wildman–Crippen LogP) is 3.33. The summed E-state index contributed by atoms with van der Waals surface area (Å²) in [7, 11) is 0. The lowest BCUT2D eigenvalue weighted by Crippen LogP contribution is -1.95. The molecule has 1 aromatic rings. The van der Waals surface area contributed by atoms with Gasteiger partial charge in [-0.25, -0.2) is 0 Å². The molecule has 0 spiro atoms. The molecule has 2 rings (SSSR count). The van der Waals surface area contributed by atoms with E-state index in [1.165, 1.54) is 27.6 Å². The molecule has 1 aliphatic rings. The van der Waals surface area contributed by atoms with Crippen LogP contribution in [-0.4, -0.2) is 6.21 Å². The van der Waals surface area contributed by atoms with Crippen LogP contribution in [0.1, 0.15) is 30.0 Å². The van der Waals surface area contributed by atoms with Gasteiger partial charge in [0.25, 0.3) is 0 Å². The van der Waals surface area contributed by atoms with Gasteiger partial charge in [-0.1, -0.05) is 35.3 Å². The first-order chi connectivity index (χ1) is 6.33. The Balaban J connectivity index is 2.51. The summed E-state index contributed by atoms with van der Waals surface area (Å²) in [5.74, 6) is 0. The fourth-order valence-electron chi connectivity index (χ4n) is 1.72. The van der Waals surface area contributed by atoms with E-state index in [0.29, 0.717) is 0 Å². The summed E-state index contributed by atoms with van der Waals surface area (Å²) >= 11 is 3.59. The van der Waals surface area contributed by atoms with Gasteiger partial charge in [0.05, 0.1) is 6.54 Å². The van der Waals surface area contributed by atoms with Crippen molar-refractivity contribution in [3.8, 4) is 0 Å². The number of hydrogen-bond donors (Lipinski definition) is 0. The van der Waals surface area contributed by atoms with Crippen LogP contribution in [0.25, 0.3) is 0 Å². The Labute approximate surface area is 87.0 Å². The Morgan fingerprint density at radius 1 is 1.46 bits per heavy atom. The summed E-state index contributed by atoms with van der Waals surface area (Å²) in [6, 6.07) is 4.30. The molecule has 1 aromatic carbocycles. The first-order valence-corrected chi connectivity index (χ1v) is 5.42. The van der Waals surface area contributed by atoms with Gasteiger partial charge in [-0.2, -0.15) is 0 Å². The van der Waals surface area contributed by atoms with Crippen LogP contribution in [0.5, 0.6) is 0 Å². The van der Waals surface area contributed by atoms with E-state index in [9.17, 15) is 0 Å². The topological polar surface area (TPSA) is 12.4 Å². The van der Waals surface area contributed by atoms with Crippen molar-refractivity contribution in [2.45, 2.75) is 26.3 Å². The Kier molecular flexibility index (Phi) is 2.49. The van der Waals surface area contributed by atoms with Crippen LogP contribution in [-0.2, 0) is 13.0 Å². The van der Waals surface area contributed by atoms with E-state index >= 15 is 0 Å². The monoisotopic (exact) mass is 237 g/mol. The molecule has 0 amide bonds. The van der Waals surface area contributed by atoms with Gasteiger partial charge in [0, 0.05) is 16.3 Å². The molecule has 0 saturated heterocycles. The lowest BCUT2D eigenvalue weighted by molar-refractivity contribution is 0.912. The molecular weight excluding hydrogens is 226 g/mol. The van der Waals surface area contributed by atoms with E-state index in [1.54, 1.807) is 0 Å². The molecular formula is C11H12BrN. The maximum absolute atomic E-state index is 4.29. The zero-order valence-corrected chi connectivity index (χ0v) is 9.26. The smallest absolute Gasteiger partial charge is 0.0646 e. The van der Waals surface area contributed by atoms with Gasteiger partial charge in [0.1, 0.15) is 0 Å². The second-order valence-corrected chi connectivity index (χ2v) is 4.17. The highest BCUT2D eigenvalue weighted by Gasteiger charge is 2.12. The van der Waals surface area contributed by atoms with E-state index in [-0.39, 0.29) is 0 Å². The summed E-state index contributed by atoms with van der Waals surface area (Å²) in [6.07, 6.45) is 4.32. The summed E-state index contributed by atoms with van der Waals surface area (Å²) in [5.41, 5.74) is 4.13. The Bertz CT molecular complexity index is 355. The zero-order valence-electron chi connectivity index (χ0n) is 7.68. The number of benzene rings is 1. The van der Waals surface area contributed by atoms with Gasteiger partial charge in [-0.15, -0.1) is 0 Å². The van der Waals surface area contributed by atoms with Crippen molar-refractivity contribution in [2.24, 2.45) is 4.99 Å². The van der Waals surface area contributed by atoms with Crippen LogP contribution < -0.4 is 0 Å². The fourth-order valence-corrected chi connectivity index (χ4v) is 2.27. The molecule has 1 aliphatic heterocycles. The third kappa shape index (κ3) is 1.55. The largest absolute Gasteiger partial charge is 0.288 e. The van der Waals surface area contributed by atoms with Gasteiger partial charge < -0.3 is 0 Å². The maximum Gasteiger partial charge on any atom is 0.0646 e. The van der Waals surface area contributed by atoms with E-state index in [2.05, 4.69) is 40.0 Å². The highest BCUT2D eigenvalue weighted by molar-refractivity contribution is 9.10. The third-order valence-electron chi connectivity index (χ3n) is 2.37. The van der Waals surface area contributed by atoms with E-state index in [1.807, 2.05) is 6.21 Å². The molecule has 0 bridgehead atoms. The first-order valence-electron chi connectivity index (χ1n) is 4.63. The maximum atomic E-state index is 4.29. The van der Waals surface area contributed by atoms with Crippen molar-refractivity contribution < 1.29 is 0 Å². The van der Waals surface area contributed by atoms with Gasteiger partial charge in [-0.05, 0) is 23.6 Å². The van der Waals surface area contributed by atoms with Gasteiger partial charge in [0.2, 0.25) is 0 Å². The van der Waals surface area contributed by atoms with Gasteiger partial charge >= 0.3 is 0 Å². The Hall–Kier alpha value is -0.630. The van der Waals surface area contributed by atoms with Gasteiger partial charge in [-0.3, -0.25) is 4.99 Å². The molecule has 0 atom stereocenters. The van der Waals surface area contributed by atoms with Crippen LogP contribution in [0.2, 0.25) is 0 Å².